The quantitative estimate of drug-likeness (QED) is 0.692. The molecule has 2 aliphatic rings. The van der Waals surface area contributed by atoms with Gasteiger partial charge in [0, 0.05) is 25.2 Å². The SMILES string of the molecule is CC(C)(NC1CCN(C2CC2)C1)C(N)=O. The van der Waals surface area contributed by atoms with Crippen LogP contribution in [0.4, 0.5) is 0 Å². The van der Waals surface area contributed by atoms with Crippen molar-refractivity contribution in [1.82, 2.24) is 10.2 Å². The third-order valence-corrected chi connectivity index (χ3v) is 3.46. The Hall–Kier alpha value is -0.610. The summed E-state index contributed by atoms with van der Waals surface area (Å²) in [5.74, 6) is -0.271. The van der Waals surface area contributed by atoms with E-state index in [2.05, 4.69) is 10.2 Å². The van der Waals surface area contributed by atoms with Crippen LogP contribution in [0.15, 0.2) is 0 Å². The summed E-state index contributed by atoms with van der Waals surface area (Å²) in [6.45, 7) is 5.95. The van der Waals surface area contributed by atoms with E-state index in [0.29, 0.717) is 6.04 Å². The maximum Gasteiger partial charge on any atom is 0.237 e. The second-order valence-corrected chi connectivity index (χ2v) is 5.35. The molecule has 1 aliphatic heterocycles. The average Bonchev–Trinajstić information content (AvgIpc) is 2.88. The Morgan fingerprint density at radius 1 is 1.40 bits per heavy atom. The van der Waals surface area contributed by atoms with Gasteiger partial charge >= 0.3 is 0 Å². The Morgan fingerprint density at radius 2 is 2.07 bits per heavy atom. The van der Waals surface area contributed by atoms with E-state index in [9.17, 15) is 4.79 Å². The number of carbonyl (C=O) groups is 1. The predicted octanol–water partition coefficient (Wildman–Crippen LogP) is 0.0766. The first-order valence-corrected chi connectivity index (χ1v) is 5.81. The average molecular weight is 211 g/mol. The van der Waals surface area contributed by atoms with Crippen LogP contribution in [0.25, 0.3) is 0 Å². The van der Waals surface area contributed by atoms with Crippen LogP contribution < -0.4 is 11.1 Å². The lowest BCUT2D eigenvalue weighted by Gasteiger charge is -2.27. The van der Waals surface area contributed by atoms with E-state index in [1.807, 2.05) is 13.8 Å². The molecule has 2 fully saturated rings. The highest BCUT2D eigenvalue weighted by atomic mass is 16.1. The number of rotatable bonds is 4. The molecule has 3 N–H and O–H groups in total. The number of nitrogens with zero attached hydrogens (tertiary/aromatic N) is 1. The van der Waals surface area contributed by atoms with Gasteiger partial charge in [0.1, 0.15) is 0 Å². The van der Waals surface area contributed by atoms with Gasteiger partial charge in [-0.2, -0.15) is 0 Å². The molecule has 4 heteroatoms. The van der Waals surface area contributed by atoms with E-state index in [4.69, 9.17) is 5.73 Å². The first kappa shape index (κ1) is 10.9. The lowest BCUT2D eigenvalue weighted by molar-refractivity contribution is -0.123. The van der Waals surface area contributed by atoms with Gasteiger partial charge in [-0.25, -0.2) is 0 Å². The predicted molar refractivity (Wildman–Crippen MR) is 59.4 cm³/mol. The highest BCUT2D eigenvalue weighted by Crippen LogP contribution is 2.30. The summed E-state index contributed by atoms with van der Waals surface area (Å²) in [4.78, 5) is 13.7. The maximum atomic E-state index is 11.2. The molecule has 1 amide bonds. The molecule has 0 aromatic carbocycles. The molecule has 2 rings (SSSR count). The minimum atomic E-state index is -0.579. The van der Waals surface area contributed by atoms with Gasteiger partial charge in [0.15, 0.2) is 0 Å². The third kappa shape index (κ3) is 2.49. The van der Waals surface area contributed by atoms with Crippen molar-refractivity contribution in [2.24, 2.45) is 5.73 Å². The molecule has 0 spiro atoms. The molecular formula is C11H21N3O. The summed E-state index contributed by atoms with van der Waals surface area (Å²) >= 11 is 0. The molecule has 1 saturated carbocycles. The zero-order valence-corrected chi connectivity index (χ0v) is 9.62. The summed E-state index contributed by atoms with van der Waals surface area (Å²) < 4.78 is 0. The van der Waals surface area contributed by atoms with E-state index in [1.54, 1.807) is 0 Å². The van der Waals surface area contributed by atoms with E-state index >= 15 is 0 Å². The minimum absolute atomic E-state index is 0.271. The Morgan fingerprint density at radius 3 is 2.60 bits per heavy atom. The molecule has 0 bridgehead atoms. The van der Waals surface area contributed by atoms with Crippen molar-refractivity contribution in [3.05, 3.63) is 0 Å². The first-order valence-electron chi connectivity index (χ1n) is 5.81. The molecule has 15 heavy (non-hydrogen) atoms. The Balaban J connectivity index is 1.83. The fraction of sp³-hybridized carbons (Fsp3) is 0.909. The number of likely N-dealkylation sites (tertiary alicyclic amines) is 1. The van der Waals surface area contributed by atoms with Crippen LogP contribution in [0.3, 0.4) is 0 Å². The number of amides is 1. The second kappa shape index (κ2) is 3.76. The molecule has 0 aromatic rings. The molecule has 86 valence electrons. The number of hydrogen-bond donors (Lipinski definition) is 2. The molecule has 1 atom stereocenters. The largest absolute Gasteiger partial charge is 0.368 e. The number of carbonyl (C=O) groups excluding carboxylic acids is 1. The van der Waals surface area contributed by atoms with Gasteiger partial charge in [0.2, 0.25) is 5.91 Å². The summed E-state index contributed by atoms with van der Waals surface area (Å²) in [5.41, 5.74) is 4.76. The van der Waals surface area contributed by atoms with Crippen molar-refractivity contribution >= 4 is 5.91 Å². The van der Waals surface area contributed by atoms with Crippen LogP contribution >= 0.6 is 0 Å². The van der Waals surface area contributed by atoms with Crippen molar-refractivity contribution in [2.75, 3.05) is 13.1 Å². The van der Waals surface area contributed by atoms with Gasteiger partial charge in [-0.15, -0.1) is 0 Å². The zero-order valence-electron chi connectivity index (χ0n) is 9.62. The highest BCUT2D eigenvalue weighted by Gasteiger charge is 2.37. The first-order chi connectivity index (χ1) is 6.99. The number of hydrogen-bond acceptors (Lipinski definition) is 3. The van der Waals surface area contributed by atoms with Gasteiger partial charge in [-0.3, -0.25) is 15.0 Å². The van der Waals surface area contributed by atoms with Crippen molar-refractivity contribution in [3.8, 4) is 0 Å². The zero-order chi connectivity index (χ0) is 11.1. The number of primary amides is 1. The highest BCUT2D eigenvalue weighted by molar-refractivity contribution is 5.83. The van der Waals surface area contributed by atoms with E-state index < -0.39 is 5.54 Å². The smallest absolute Gasteiger partial charge is 0.237 e. The van der Waals surface area contributed by atoms with E-state index in [-0.39, 0.29) is 5.91 Å². The molecule has 1 unspecified atom stereocenters. The van der Waals surface area contributed by atoms with Crippen LogP contribution in [0.2, 0.25) is 0 Å². The van der Waals surface area contributed by atoms with Crippen molar-refractivity contribution in [3.63, 3.8) is 0 Å². The van der Waals surface area contributed by atoms with Crippen molar-refractivity contribution in [1.29, 1.82) is 0 Å². The van der Waals surface area contributed by atoms with E-state index in [0.717, 1.165) is 25.6 Å². The standard InChI is InChI=1S/C11H21N3O/c1-11(2,10(12)15)13-8-5-6-14(7-8)9-3-4-9/h8-9,13H,3-7H2,1-2H3,(H2,12,15). The molecule has 0 radical (unpaired) electrons. The molecule has 0 aromatic heterocycles. The van der Waals surface area contributed by atoms with Crippen molar-refractivity contribution < 1.29 is 4.79 Å². The van der Waals surface area contributed by atoms with Gasteiger partial charge < -0.3 is 5.73 Å². The monoisotopic (exact) mass is 211 g/mol. The third-order valence-electron chi connectivity index (χ3n) is 3.46. The fourth-order valence-corrected chi connectivity index (χ4v) is 2.26. The summed E-state index contributed by atoms with van der Waals surface area (Å²) in [6.07, 6.45) is 3.84. The summed E-state index contributed by atoms with van der Waals surface area (Å²) in [5, 5.41) is 3.35. The van der Waals surface area contributed by atoms with Crippen LogP contribution in [0.5, 0.6) is 0 Å². The molecule has 1 heterocycles. The molecule has 1 saturated heterocycles. The Labute approximate surface area is 91.2 Å². The summed E-state index contributed by atoms with van der Waals surface area (Å²) in [6, 6.07) is 1.25. The van der Waals surface area contributed by atoms with E-state index in [1.165, 1.54) is 12.8 Å². The lowest BCUT2D eigenvalue weighted by atomic mass is 10.0. The number of nitrogens with two attached hydrogens (primary N) is 1. The topological polar surface area (TPSA) is 58.4 Å². The van der Waals surface area contributed by atoms with Crippen LogP contribution in [-0.4, -0.2) is 41.5 Å². The normalized spacial score (nSPS) is 28.3. The van der Waals surface area contributed by atoms with Gasteiger partial charge in [-0.05, 0) is 33.1 Å². The number of nitrogens with one attached hydrogen (secondary N) is 1. The van der Waals surface area contributed by atoms with Crippen molar-refractivity contribution in [2.45, 2.75) is 50.7 Å². The summed E-state index contributed by atoms with van der Waals surface area (Å²) in [7, 11) is 0. The maximum absolute atomic E-state index is 11.2. The van der Waals surface area contributed by atoms with Crippen LogP contribution in [-0.2, 0) is 4.79 Å². The van der Waals surface area contributed by atoms with Gasteiger partial charge in [-0.1, -0.05) is 0 Å². The lowest BCUT2D eigenvalue weighted by Crippen LogP contribution is -2.55. The Kier molecular flexibility index (Phi) is 2.73. The molecule has 4 nitrogen and oxygen atoms in total. The molecule has 1 aliphatic carbocycles. The minimum Gasteiger partial charge on any atom is -0.368 e. The van der Waals surface area contributed by atoms with Gasteiger partial charge in [0.25, 0.3) is 0 Å². The second-order valence-electron chi connectivity index (χ2n) is 5.35. The van der Waals surface area contributed by atoms with Crippen LogP contribution in [0, 0.1) is 0 Å². The molecular weight excluding hydrogens is 190 g/mol. The fourth-order valence-electron chi connectivity index (χ4n) is 2.26. The van der Waals surface area contributed by atoms with Crippen LogP contribution in [0.1, 0.15) is 33.1 Å². The van der Waals surface area contributed by atoms with Gasteiger partial charge in [0.05, 0.1) is 5.54 Å². The Bertz CT molecular complexity index is 261.